The number of carboxylic acid groups (broad SMARTS) is 1. The van der Waals surface area contributed by atoms with Gasteiger partial charge in [-0.3, -0.25) is 91.3 Å². The van der Waals surface area contributed by atoms with Crippen LogP contribution in [0.1, 0.15) is 134 Å². The number of primary amides is 3. The number of hydrogen-bond donors (Lipinski definition) is 20. The van der Waals surface area contributed by atoms with Gasteiger partial charge in [-0.2, -0.15) is 0 Å². The van der Waals surface area contributed by atoms with Gasteiger partial charge in [0.2, 0.25) is 100 Å². The van der Waals surface area contributed by atoms with Crippen molar-refractivity contribution in [3.05, 3.63) is 143 Å². The molecule has 6 aromatic rings. The molecule has 44 heteroatoms. The Morgan fingerprint density at radius 3 is 1.88 bits per heavy atom. The van der Waals surface area contributed by atoms with Crippen molar-refractivity contribution in [3.63, 3.8) is 0 Å². The number of fused-ring (bicyclic) bond motifs is 2. The first-order chi connectivity index (χ1) is 63.4. The minimum atomic E-state index is -2.10. The van der Waals surface area contributed by atoms with E-state index in [4.69, 9.17) is 32.4 Å². The van der Waals surface area contributed by atoms with Crippen LogP contribution in [-0.2, 0) is 117 Å². The first-order valence-electron chi connectivity index (χ1n) is 43.5. The van der Waals surface area contributed by atoms with Crippen LogP contribution in [0.15, 0.2) is 116 Å². The van der Waals surface area contributed by atoms with Crippen LogP contribution in [0.3, 0.4) is 0 Å². The van der Waals surface area contributed by atoms with Crippen molar-refractivity contribution in [2.24, 2.45) is 22.9 Å². The lowest BCUT2D eigenvalue weighted by Gasteiger charge is -2.39. The number of pyridine rings is 1. The molecule has 0 aliphatic carbocycles. The van der Waals surface area contributed by atoms with E-state index in [0.29, 0.717) is 44.3 Å². The second kappa shape index (κ2) is 49.4. The quantitative estimate of drug-likeness (QED) is 0.0144. The van der Waals surface area contributed by atoms with Crippen LogP contribution < -0.4 is 96.8 Å². The van der Waals surface area contributed by atoms with E-state index < -0.39 is 227 Å². The molecule has 2 aromatic heterocycles. The Labute approximate surface area is 780 Å². The number of benzene rings is 4. The highest BCUT2D eigenvalue weighted by Crippen LogP contribution is 2.47. The van der Waals surface area contributed by atoms with Crippen LogP contribution in [-0.4, -0.2) is 266 Å². The van der Waals surface area contributed by atoms with Gasteiger partial charge in [0.05, 0.1) is 25.5 Å². The number of aromatic amines is 1. The van der Waals surface area contributed by atoms with E-state index in [9.17, 15) is 67.7 Å². The van der Waals surface area contributed by atoms with E-state index in [1.807, 2.05) is 19.1 Å². The average Bonchev–Trinajstić information content (AvgIpc) is 1.79. The molecule has 724 valence electrons. The molecule has 17 amide bonds. The van der Waals surface area contributed by atoms with Gasteiger partial charge in [-0.05, 0) is 124 Å². The summed E-state index contributed by atoms with van der Waals surface area (Å²) in [6.07, 6.45) is -2.62. The fraction of sp³-hybridized carbons (Fsp3) is 0.478. The van der Waals surface area contributed by atoms with Crippen LogP contribution in [0.4, 0.5) is 0 Å². The van der Waals surface area contributed by atoms with Crippen molar-refractivity contribution < 1.29 is 106 Å². The van der Waals surface area contributed by atoms with Crippen LogP contribution in [0.5, 0.6) is 5.75 Å². The third-order valence-electron chi connectivity index (χ3n) is 22.4. The van der Waals surface area contributed by atoms with Crippen molar-refractivity contribution in [1.29, 1.82) is 0 Å². The number of carbonyl (C=O) groups is 18. The largest absolute Gasteiger partial charge is 0.492 e. The van der Waals surface area contributed by atoms with E-state index in [2.05, 4.69) is 79.1 Å². The number of para-hydroxylation sites is 1. The second-order valence-electron chi connectivity index (χ2n) is 34.2. The lowest BCUT2D eigenvalue weighted by atomic mass is 9.87. The van der Waals surface area contributed by atoms with Crippen molar-refractivity contribution in [1.82, 2.24) is 84.0 Å². The Bertz CT molecular complexity index is 5270. The summed E-state index contributed by atoms with van der Waals surface area (Å²) in [5.41, 5.74) is 23.5. The zero-order valence-corrected chi connectivity index (χ0v) is 77.5. The molecule has 0 spiro atoms. The van der Waals surface area contributed by atoms with E-state index >= 15 is 28.8 Å². The number of aliphatic hydroxyl groups excluding tert-OH is 1. The second-order valence-corrected chi connectivity index (χ2v) is 37.6. The molecule has 0 radical (unpaired) electrons. The molecule has 2 saturated heterocycles. The van der Waals surface area contributed by atoms with Gasteiger partial charge in [-0.15, -0.1) is 0 Å². The number of aryl methyl sites for hydroxylation is 1. The van der Waals surface area contributed by atoms with Crippen LogP contribution >= 0.6 is 21.6 Å². The molecule has 4 heterocycles. The number of rotatable bonds is 40. The number of nitrogens with two attached hydrogens (primary N) is 4. The molecule has 24 N–H and O–H groups in total. The summed E-state index contributed by atoms with van der Waals surface area (Å²) >= 11 is 0. The fourth-order valence-electron chi connectivity index (χ4n) is 15.1. The Kier molecular flexibility index (Phi) is 39.1. The summed E-state index contributed by atoms with van der Waals surface area (Å²) in [5, 5.41) is 57.7. The molecule has 12 atom stereocenters. The highest BCUT2D eigenvalue weighted by Gasteiger charge is 2.49. The zero-order valence-electron chi connectivity index (χ0n) is 75.9. The molecule has 0 unspecified atom stereocenters. The van der Waals surface area contributed by atoms with Crippen LogP contribution in [0.2, 0.25) is 0 Å². The monoisotopic (exact) mass is 1900 g/mol. The predicted molar refractivity (Wildman–Crippen MR) is 494 cm³/mol. The van der Waals surface area contributed by atoms with Gasteiger partial charge in [-0.25, -0.2) is 0 Å². The smallest absolute Gasteiger partial charge is 0.303 e. The molecule has 2 aliphatic heterocycles. The number of nitrogens with zero attached hydrogens (tertiary/aromatic N) is 2. The number of aromatic nitrogens is 2. The summed E-state index contributed by atoms with van der Waals surface area (Å²) in [4.78, 5) is 266. The molecule has 4 aromatic carbocycles. The Hall–Kier alpha value is -13.3. The van der Waals surface area contributed by atoms with Crippen molar-refractivity contribution >= 4 is 150 Å². The first-order valence-corrected chi connectivity index (χ1v) is 45.7. The van der Waals surface area contributed by atoms with Gasteiger partial charge in [0, 0.05) is 131 Å². The summed E-state index contributed by atoms with van der Waals surface area (Å²) in [7, 11) is 3.01. The standard InChI is InChI=1S/C90H120N20O22S2/c1-48-16-14-20-59-57(46-97-72(48)59)42-64-79(122)99-60(21-12-13-34-96-50(3)112)77(120)108-75(89(7,8)134-133-88(5,6)74(98-51(4)113)84(127)104-66(44-69(93)115)81(124)107-73(49(2)111)83(126)102-64)85(128)103-62(39-52-23-26-58(27-24-52)132-37-32-91)78(121)100-63(40-53-22-25-55-18-10-11-19-56(55)38-53)82(125)109-90(30-35-131-36-31-90)87(130)106-61(28-29-71(117)118)76(119)101-65(43-68(92)114)80(123)105-67(41-54-17-15-33-95-45-54)86(129)110(9)47-70(94)116/h10-11,14-20,22-27,33,38,45-46,49,60-67,73-75,97,111H,12-13,21,28-32,34-37,39-44,47,91H2,1-9H3,(H2,92,114)(H2,93,115)(H2,94,116)(H,96,112)(H,98,113)(H,99,122)(H,100,121)(H,101,119)(H,102,126)(H,103,128)(H,104,127)(H,105,123)(H,106,130)(H,107,124)(H,108,120)(H,109,125)(H,117,118)/t49-,60+,61+,62+,63+,64+,65+,66+,67+,73+,74-,75-/m1/s1. The number of carbonyl (C=O) groups excluding carboxylic acids is 17. The van der Waals surface area contributed by atoms with Crippen LogP contribution in [0.25, 0.3) is 21.7 Å². The maximum atomic E-state index is 16.4. The van der Waals surface area contributed by atoms with E-state index in [-0.39, 0.29) is 90.2 Å². The highest BCUT2D eigenvalue weighted by molar-refractivity contribution is 8.77. The SMILES string of the molecule is CC(=O)NCCCC[C@@H]1NC(=O)[C@H](Cc2c[nH]c3c(C)cccc23)NC(=O)[C@H]([C@@H](C)O)NC(=O)[C@H](CC(N)=O)NC(=O)[C@@H](NC(C)=O)C(C)(C)SSC(C)(C)[C@@H](C(=O)N[C@@H](Cc2ccc(OCCN)cc2)C(=O)N[C@@H](Cc2ccc3ccccc3c2)C(=O)NC2(C(=O)N[C@@H](CCC(=O)O)C(=O)N[C@@H](CC(N)=O)C(=O)N[C@@H](Cc3cccnc3)C(=O)N(C)CC(N)=O)CCOCC2)NC1=O. The number of aliphatic carboxylic acids is 1. The topological polar surface area (TPSA) is 659 Å². The fourth-order valence-corrected chi connectivity index (χ4v) is 18.0. The first kappa shape index (κ1) is 106. The molecule has 0 bridgehead atoms. The number of nitrogens with one attached hydrogen (secondary N) is 14. The molecular weight excluding hydrogens is 1780 g/mol. The van der Waals surface area contributed by atoms with Gasteiger partial charge in [0.1, 0.15) is 84.4 Å². The zero-order chi connectivity index (χ0) is 98.5. The summed E-state index contributed by atoms with van der Waals surface area (Å²) in [6.45, 7) is 10.7. The molecule has 8 rings (SSSR count). The summed E-state index contributed by atoms with van der Waals surface area (Å²) < 4.78 is 8.25. The Morgan fingerprint density at radius 2 is 1.24 bits per heavy atom. The van der Waals surface area contributed by atoms with Crippen molar-refractivity contribution in [2.75, 3.05) is 46.5 Å². The highest BCUT2D eigenvalue weighted by atomic mass is 33.1. The van der Waals surface area contributed by atoms with Gasteiger partial charge >= 0.3 is 5.97 Å². The number of amides is 17. The number of likely N-dealkylation sites (N-methyl/N-ethyl adjacent to an activating group) is 1. The molecule has 2 fully saturated rings. The number of H-pyrrole nitrogens is 1. The van der Waals surface area contributed by atoms with Gasteiger partial charge in [0.25, 0.3) is 0 Å². The average molecular weight is 1900 g/mol. The van der Waals surface area contributed by atoms with E-state index in [0.717, 1.165) is 51.3 Å². The van der Waals surface area contributed by atoms with Crippen molar-refractivity contribution in [2.45, 2.75) is 226 Å². The van der Waals surface area contributed by atoms with Gasteiger partial charge < -0.3 is 122 Å². The lowest BCUT2D eigenvalue weighted by Crippen LogP contribution is -2.67. The van der Waals surface area contributed by atoms with Gasteiger partial charge in [-0.1, -0.05) is 100 Å². The molecule has 2 aliphatic rings. The number of carboxylic acids is 1. The minimum absolute atomic E-state index is 0.0903. The minimum Gasteiger partial charge on any atom is -0.492 e. The lowest BCUT2D eigenvalue weighted by molar-refractivity contribution is -0.142. The molecule has 134 heavy (non-hydrogen) atoms. The third-order valence-corrected chi connectivity index (χ3v) is 26.6. The maximum Gasteiger partial charge on any atom is 0.303 e. The van der Waals surface area contributed by atoms with E-state index in [1.165, 1.54) is 54.1 Å². The Morgan fingerprint density at radius 1 is 0.627 bits per heavy atom. The number of unbranched alkanes of at least 4 members (excludes halogenated alkanes) is 1. The van der Waals surface area contributed by atoms with E-state index in [1.54, 1.807) is 91.1 Å². The number of hydrogen-bond acceptors (Lipinski definition) is 25. The summed E-state index contributed by atoms with van der Waals surface area (Å²) in [5.74, 6) is -18.6. The molecular formula is C90H120N20O22S2. The molecule has 0 saturated carbocycles. The number of aliphatic hydroxyl groups is 1. The maximum absolute atomic E-state index is 16.4. The predicted octanol–water partition coefficient (Wildman–Crippen LogP) is -2.15. The molecule has 42 nitrogen and oxygen atoms in total. The normalized spacial score (nSPS) is 19.5. The number of ether oxygens (including phenoxy) is 2. The third kappa shape index (κ3) is 31.4. The van der Waals surface area contributed by atoms with Crippen molar-refractivity contribution in [3.8, 4) is 5.75 Å². The summed E-state index contributed by atoms with van der Waals surface area (Å²) in [6, 6.07) is 7.53. The van der Waals surface area contributed by atoms with Gasteiger partial charge in [0.15, 0.2) is 0 Å². The van der Waals surface area contributed by atoms with Crippen LogP contribution in [0, 0.1) is 6.92 Å². The Balaban J connectivity index is 1.22.